The molecule has 0 saturated heterocycles. The molecular formula is C31H39N3O4S. The van der Waals surface area contributed by atoms with Gasteiger partial charge in [-0.05, 0) is 43.5 Å². The molecule has 0 fully saturated rings. The predicted octanol–water partition coefficient (Wildman–Crippen LogP) is 4.48. The van der Waals surface area contributed by atoms with Crippen molar-refractivity contribution >= 4 is 21.8 Å². The highest BCUT2D eigenvalue weighted by Gasteiger charge is 2.33. The van der Waals surface area contributed by atoms with Gasteiger partial charge in [-0.2, -0.15) is 4.31 Å². The van der Waals surface area contributed by atoms with Crippen molar-refractivity contribution in [1.29, 1.82) is 0 Å². The number of rotatable bonds is 13. The fourth-order valence-electron chi connectivity index (χ4n) is 4.21. The van der Waals surface area contributed by atoms with Crippen LogP contribution in [0.5, 0.6) is 0 Å². The molecule has 39 heavy (non-hydrogen) atoms. The number of benzene rings is 3. The highest BCUT2D eigenvalue weighted by molar-refractivity contribution is 7.89. The van der Waals surface area contributed by atoms with Gasteiger partial charge in [0.1, 0.15) is 6.04 Å². The van der Waals surface area contributed by atoms with Crippen LogP contribution in [-0.2, 0) is 32.6 Å². The Morgan fingerprint density at radius 1 is 0.846 bits per heavy atom. The molecule has 0 aliphatic rings. The second kappa shape index (κ2) is 14.1. The smallest absolute Gasteiger partial charge is 0.243 e. The molecule has 0 bridgehead atoms. The number of hydrogen-bond acceptors (Lipinski definition) is 4. The summed E-state index contributed by atoms with van der Waals surface area (Å²) in [4.78, 5) is 29.0. The largest absolute Gasteiger partial charge is 0.354 e. The average molecular weight is 550 g/mol. The lowest BCUT2D eigenvalue weighted by Crippen LogP contribution is -2.53. The first-order valence-corrected chi connectivity index (χ1v) is 14.8. The first-order chi connectivity index (χ1) is 18.6. The van der Waals surface area contributed by atoms with Gasteiger partial charge in [-0.3, -0.25) is 9.59 Å². The molecule has 8 heteroatoms. The topological polar surface area (TPSA) is 86.8 Å². The lowest BCUT2D eigenvalue weighted by Gasteiger charge is -2.32. The van der Waals surface area contributed by atoms with Crippen molar-refractivity contribution in [2.45, 2.75) is 57.5 Å². The number of aryl methyl sites for hydroxylation is 2. The normalized spacial score (nSPS) is 12.2. The number of sulfonamides is 1. The van der Waals surface area contributed by atoms with Crippen LogP contribution in [0.2, 0.25) is 0 Å². The van der Waals surface area contributed by atoms with Crippen LogP contribution >= 0.6 is 0 Å². The third-order valence-corrected chi connectivity index (χ3v) is 8.48. The number of likely N-dealkylation sites (N-methyl/N-ethyl adjacent to an activating group) is 1. The zero-order chi connectivity index (χ0) is 28.4. The van der Waals surface area contributed by atoms with E-state index in [0.717, 1.165) is 39.4 Å². The molecule has 3 aromatic carbocycles. The van der Waals surface area contributed by atoms with Crippen molar-refractivity contribution in [3.63, 3.8) is 0 Å². The van der Waals surface area contributed by atoms with Gasteiger partial charge in [0, 0.05) is 26.6 Å². The molecule has 0 unspecified atom stereocenters. The number of hydrogen-bond donors (Lipinski definition) is 1. The van der Waals surface area contributed by atoms with Crippen LogP contribution in [0.15, 0.2) is 83.8 Å². The van der Waals surface area contributed by atoms with Crippen molar-refractivity contribution in [3.05, 3.63) is 101 Å². The molecule has 2 amide bonds. The molecule has 0 aliphatic carbocycles. The summed E-state index contributed by atoms with van der Waals surface area (Å²) in [5, 5.41) is 2.98. The van der Waals surface area contributed by atoms with Crippen molar-refractivity contribution < 1.29 is 18.0 Å². The van der Waals surface area contributed by atoms with E-state index in [1.807, 2.05) is 75.4 Å². The number of unbranched alkanes of at least 4 members (excludes halogenated alkanes) is 1. The molecule has 0 heterocycles. The Morgan fingerprint density at radius 2 is 1.44 bits per heavy atom. The number of carbonyl (C=O) groups excluding carboxylic acids is 2. The van der Waals surface area contributed by atoms with Crippen LogP contribution < -0.4 is 5.32 Å². The van der Waals surface area contributed by atoms with E-state index in [4.69, 9.17) is 0 Å². The molecule has 0 aromatic heterocycles. The minimum absolute atomic E-state index is 0.117. The molecule has 1 atom stereocenters. The molecule has 0 spiro atoms. The molecular weight excluding hydrogens is 510 g/mol. The summed E-state index contributed by atoms with van der Waals surface area (Å²) in [7, 11) is -2.51. The van der Waals surface area contributed by atoms with E-state index in [1.54, 1.807) is 12.1 Å². The fourth-order valence-corrected chi connectivity index (χ4v) is 5.33. The van der Waals surface area contributed by atoms with Crippen LogP contribution in [0.4, 0.5) is 0 Å². The lowest BCUT2D eigenvalue weighted by molar-refractivity contribution is -0.141. The van der Waals surface area contributed by atoms with E-state index < -0.39 is 28.5 Å². The van der Waals surface area contributed by atoms with Crippen molar-refractivity contribution in [1.82, 2.24) is 14.5 Å². The Kier molecular flexibility index (Phi) is 10.8. The maximum Gasteiger partial charge on any atom is 0.243 e. The van der Waals surface area contributed by atoms with Gasteiger partial charge < -0.3 is 10.2 Å². The first-order valence-electron chi connectivity index (χ1n) is 13.3. The first kappa shape index (κ1) is 30.1. The Hall–Kier alpha value is -3.49. The minimum Gasteiger partial charge on any atom is -0.354 e. The van der Waals surface area contributed by atoms with Gasteiger partial charge in [-0.15, -0.1) is 0 Å². The van der Waals surface area contributed by atoms with Crippen molar-refractivity contribution in [2.24, 2.45) is 0 Å². The quantitative estimate of drug-likeness (QED) is 0.319. The van der Waals surface area contributed by atoms with E-state index in [2.05, 4.69) is 5.32 Å². The Balaban J connectivity index is 1.94. The Labute approximate surface area is 232 Å². The maximum atomic E-state index is 13.9. The van der Waals surface area contributed by atoms with E-state index in [1.165, 1.54) is 24.1 Å². The Morgan fingerprint density at radius 3 is 2.03 bits per heavy atom. The van der Waals surface area contributed by atoms with Crippen molar-refractivity contribution in [3.8, 4) is 0 Å². The highest BCUT2D eigenvalue weighted by atomic mass is 32.2. The molecule has 0 saturated carbocycles. The summed E-state index contributed by atoms with van der Waals surface area (Å²) >= 11 is 0. The van der Waals surface area contributed by atoms with Crippen LogP contribution in [0, 0.1) is 13.8 Å². The number of nitrogens with one attached hydrogen (secondary N) is 1. The van der Waals surface area contributed by atoms with Gasteiger partial charge in [-0.25, -0.2) is 8.42 Å². The number of amides is 2. The summed E-state index contributed by atoms with van der Waals surface area (Å²) in [6, 6.07) is 23.0. The molecule has 3 aromatic rings. The summed E-state index contributed by atoms with van der Waals surface area (Å²) < 4.78 is 27.5. The van der Waals surface area contributed by atoms with E-state index >= 15 is 0 Å². The molecule has 0 aliphatic heterocycles. The zero-order valence-electron chi connectivity index (χ0n) is 23.3. The van der Waals surface area contributed by atoms with Gasteiger partial charge >= 0.3 is 0 Å². The number of carbonyl (C=O) groups is 2. The molecule has 208 valence electrons. The van der Waals surface area contributed by atoms with E-state index in [9.17, 15) is 18.0 Å². The van der Waals surface area contributed by atoms with E-state index in [-0.39, 0.29) is 17.3 Å². The second-order valence-electron chi connectivity index (χ2n) is 9.93. The molecule has 1 N–H and O–H groups in total. The predicted molar refractivity (Wildman–Crippen MR) is 155 cm³/mol. The third-order valence-electron chi connectivity index (χ3n) is 6.66. The standard InChI is InChI=1S/C31H39N3O4S/c1-5-6-20-32-31(36)29(21-26-10-8-7-9-11-26)34(22-27-16-12-24(2)13-17-27)30(35)23-33(4)39(37,38)28-18-14-25(3)15-19-28/h7-19,29H,5-6,20-23H2,1-4H3,(H,32,36)/t29-/m0/s1. The van der Waals surface area contributed by atoms with Crippen LogP contribution in [0.3, 0.4) is 0 Å². The SMILES string of the molecule is CCCCNC(=O)[C@H](Cc1ccccc1)N(Cc1ccc(C)cc1)C(=O)CN(C)S(=O)(=O)c1ccc(C)cc1. The molecule has 7 nitrogen and oxygen atoms in total. The van der Waals surface area contributed by atoms with Crippen LogP contribution in [0.1, 0.15) is 42.0 Å². The van der Waals surface area contributed by atoms with Gasteiger partial charge in [0.2, 0.25) is 21.8 Å². The van der Waals surface area contributed by atoms with Crippen molar-refractivity contribution in [2.75, 3.05) is 20.1 Å². The average Bonchev–Trinajstić information content (AvgIpc) is 2.92. The van der Waals surface area contributed by atoms with E-state index in [0.29, 0.717) is 13.0 Å². The van der Waals surface area contributed by atoms with Gasteiger partial charge in [0.15, 0.2) is 0 Å². The fraction of sp³-hybridized carbons (Fsp3) is 0.355. The number of nitrogens with zero attached hydrogens (tertiary/aromatic N) is 2. The van der Waals surface area contributed by atoms with Crippen LogP contribution in [-0.4, -0.2) is 55.6 Å². The summed E-state index contributed by atoms with van der Waals surface area (Å²) in [5.74, 6) is -0.697. The van der Waals surface area contributed by atoms with Gasteiger partial charge in [0.25, 0.3) is 0 Å². The summed E-state index contributed by atoms with van der Waals surface area (Å²) in [6.07, 6.45) is 2.06. The highest BCUT2D eigenvalue weighted by Crippen LogP contribution is 2.19. The maximum absolute atomic E-state index is 13.9. The lowest BCUT2D eigenvalue weighted by atomic mass is 10.0. The Bertz CT molecular complexity index is 1320. The third kappa shape index (κ3) is 8.50. The minimum atomic E-state index is -3.90. The zero-order valence-corrected chi connectivity index (χ0v) is 24.1. The van der Waals surface area contributed by atoms with Crippen LogP contribution in [0.25, 0.3) is 0 Å². The molecule has 0 radical (unpaired) electrons. The monoisotopic (exact) mass is 549 g/mol. The molecule has 3 rings (SSSR count). The summed E-state index contributed by atoms with van der Waals surface area (Å²) in [5.41, 5.74) is 3.79. The van der Waals surface area contributed by atoms with Gasteiger partial charge in [0.05, 0.1) is 11.4 Å². The summed E-state index contributed by atoms with van der Waals surface area (Å²) in [6.45, 7) is 6.20. The second-order valence-corrected chi connectivity index (χ2v) is 12.0. The van der Waals surface area contributed by atoms with Gasteiger partial charge in [-0.1, -0.05) is 91.2 Å².